The molecule has 0 radical (unpaired) electrons. The number of nitrogens with zero attached hydrogens (tertiary/aromatic N) is 1. The highest BCUT2D eigenvalue weighted by Crippen LogP contribution is 2.48. The lowest BCUT2D eigenvalue weighted by Crippen LogP contribution is -2.18. The second-order valence-corrected chi connectivity index (χ2v) is 11.6. The van der Waals surface area contributed by atoms with Crippen molar-refractivity contribution >= 4 is 44.5 Å². The van der Waals surface area contributed by atoms with Gasteiger partial charge in [-0.2, -0.15) is 5.10 Å². The minimum Gasteiger partial charge on any atom is -0.421 e. The molecule has 0 aliphatic rings. The molecule has 2 aromatic heterocycles. The molecule has 0 aliphatic heterocycles. The molecule has 33 heavy (non-hydrogen) atoms. The monoisotopic (exact) mass is 481 g/mol. The molecule has 0 amide bonds. The molecule has 0 bridgehead atoms. The van der Waals surface area contributed by atoms with Gasteiger partial charge >= 0.3 is 7.60 Å². The van der Waals surface area contributed by atoms with Gasteiger partial charge in [0.25, 0.3) is 0 Å². The number of hydrogen-bond donors (Lipinski definition) is 2. The highest BCUT2D eigenvalue weighted by atomic mass is 32.2. The van der Waals surface area contributed by atoms with E-state index < -0.39 is 17.4 Å². The summed E-state index contributed by atoms with van der Waals surface area (Å²) < 4.78 is 49.2. The van der Waals surface area contributed by atoms with Crippen LogP contribution in [0.1, 0.15) is 0 Å². The lowest BCUT2D eigenvalue weighted by Gasteiger charge is -2.19. The van der Waals surface area contributed by atoms with E-state index in [4.69, 9.17) is 9.05 Å². The SMILES string of the molecule is COP(=O)(Oc1ccc2[nH]nc(-c3cc4ccccc4[nH]3)c2c1)c1ccccc1S(C)(=O)=O. The summed E-state index contributed by atoms with van der Waals surface area (Å²) in [5.74, 6) is 0.259. The molecule has 0 saturated heterocycles. The van der Waals surface area contributed by atoms with Gasteiger partial charge in [0.15, 0.2) is 9.84 Å². The minimum atomic E-state index is -4.00. The number of sulfone groups is 1. The van der Waals surface area contributed by atoms with Gasteiger partial charge in [0.2, 0.25) is 0 Å². The molecule has 2 heterocycles. The van der Waals surface area contributed by atoms with Crippen LogP contribution in [-0.4, -0.2) is 37.0 Å². The highest BCUT2D eigenvalue weighted by Gasteiger charge is 2.33. The number of nitrogens with one attached hydrogen (secondary N) is 2. The molecule has 0 fully saturated rings. The fraction of sp³-hybridized carbons (Fsp3) is 0.0870. The summed E-state index contributed by atoms with van der Waals surface area (Å²) >= 11 is 0. The first kappa shape index (κ1) is 21.5. The number of fused-ring (bicyclic) bond motifs is 2. The Labute approximate surface area is 190 Å². The summed E-state index contributed by atoms with van der Waals surface area (Å²) in [5, 5.41) is 9.21. The molecule has 10 heteroatoms. The maximum Gasteiger partial charge on any atom is 0.411 e. The van der Waals surface area contributed by atoms with Crippen LogP contribution < -0.4 is 9.83 Å². The molecule has 168 valence electrons. The van der Waals surface area contributed by atoms with Gasteiger partial charge in [0, 0.05) is 29.7 Å². The Morgan fingerprint density at radius 1 is 0.939 bits per heavy atom. The number of aromatic nitrogens is 3. The van der Waals surface area contributed by atoms with Crippen molar-refractivity contribution in [3.8, 4) is 17.1 Å². The van der Waals surface area contributed by atoms with Gasteiger partial charge in [0.1, 0.15) is 11.4 Å². The van der Waals surface area contributed by atoms with Crippen LogP contribution in [-0.2, 0) is 18.9 Å². The van der Waals surface area contributed by atoms with Crippen molar-refractivity contribution in [3.05, 3.63) is 72.8 Å². The molecule has 8 nitrogen and oxygen atoms in total. The van der Waals surface area contributed by atoms with Gasteiger partial charge in [-0.3, -0.25) is 9.62 Å². The first-order valence-corrected chi connectivity index (χ1v) is 13.4. The largest absolute Gasteiger partial charge is 0.421 e. The number of aromatic amines is 2. The summed E-state index contributed by atoms with van der Waals surface area (Å²) in [6.07, 6.45) is 1.05. The van der Waals surface area contributed by atoms with Crippen LogP contribution in [0, 0.1) is 0 Å². The summed E-state index contributed by atoms with van der Waals surface area (Å²) in [5.41, 5.74) is 3.24. The van der Waals surface area contributed by atoms with Crippen LogP contribution >= 0.6 is 7.60 Å². The summed E-state index contributed by atoms with van der Waals surface area (Å²) in [6.45, 7) is 0. The Balaban J connectivity index is 1.58. The minimum absolute atomic E-state index is 0.0156. The number of rotatable bonds is 6. The van der Waals surface area contributed by atoms with Gasteiger partial charge in [-0.1, -0.05) is 30.3 Å². The quantitative estimate of drug-likeness (QED) is 0.341. The van der Waals surface area contributed by atoms with Crippen molar-refractivity contribution in [3.63, 3.8) is 0 Å². The van der Waals surface area contributed by atoms with Crippen molar-refractivity contribution in [1.29, 1.82) is 0 Å². The number of benzene rings is 3. The van der Waals surface area contributed by atoms with Crippen LogP contribution in [0.3, 0.4) is 0 Å². The van der Waals surface area contributed by atoms with Gasteiger partial charge in [-0.25, -0.2) is 13.0 Å². The molecule has 1 atom stereocenters. The standard InChI is InChI=1S/C23H20N3O5PS/c1-30-32(27,21-9-5-6-10-22(21)33(2,28)29)31-16-11-12-19-17(14-16)23(26-25-19)20-13-15-7-3-4-8-18(15)24-20/h3-14,24H,1-2H3,(H,25,26). The molecular formula is C23H20N3O5PS. The molecule has 0 aliphatic carbocycles. The van der Waals surface area contributed by atoms with E-state index in [9.17, 15) is 13.0 Å². The second kappa shape index (κ2) is 7.88. The zero-order chi connectivity index (χ0) is 23.2. The van der Waals surface area contributed by atoms with Crippen molar-refractivity contribution in [2.24, 2.45) is 0 Å². The Bertz CT molecular complexity index is 1620. The Hall–Kier alpha value is -3.39. The van der Waals surface area contributed by atoms with E-state index in [0.29, 0.717) is 5.69 Å². The molecule has 2 N–H and O–H groups in total. The smallest absolute Gasteiger partial charge is 0.411 e. The maximum absolute atomic E-state index is 13.6. The maximum atomic E-state index is 13.6. The predicted octanol–water partition coefficient (Wildman–Crippen LogP) is 4.66. The van der Waals surface area contributed by atoms with Crippen LogP contribution in [0.4, 0.5) is 0 Å². The fourth-order valence-corrected chi connectivity index (χ4v) is 6.76. The molecule has 0 saturated carbocycles. The fourth-order valence-electron chi connectivity index (χ4n) is 3.78. The van der Waals surface area contributed by atoms with E-state index in [1.165, 1.54) is 19.2 Å². The van der Waals surface area contributed by atoms with E-state index in [-0.39, 0.29) is 15.9 Å². The van der Waals surface area contributed by atoms with Gasteiger partial charge in [0.05, 0.1) is 21.4 Å². The highest BCUT2D eigenvalue weighted by molar-refractivity contribution is 7.91. The molecule has 5 aromatic rings. The number of para-hydroxylation sites is 1. The third-order valence-electron chi connectivity index (χ3n) is 5.35. The molecule has 0 spiro atoms. The summed E-state index contributed by atoms with van der Waals surface area (Å²) in [6, 6.07) is 21.0. The first-order chi connectivity index (χ1) is 15.8. The third kappa shape index (κ3) is 3.84. The zero-order valence-electron chi connectivity index (χ0n) is 17.8. The molecular weight excluding hydrogens is 461 g/mol. The van der Waals surface area contributed by atoms with E-state index in [2.05, 4.69) is 15.2 Å². The molecule has 5 rings (SSSR count). The van der Waals surface area contributed by atoms with Gasteiger partial charge < -0.3 is 9.51 Å². The zero-order valence-corrected chi connectivity index (χ0v) is 19.5. The van der Waals surface area contributed by atoms with E-state index >= 15 is 0 Å². The Morgan fingerprint density at radius 2 is 1.70 bits per heavy atom. The van der Waals surface area contributed by atoms with Crippen molar-refractivity contribution in [1.82, 2.24) is 15.2 Å². The third-order valence-corrected chi connectivity index (χ3v) is 8.56. The van der Waals surface area contributed by atoms with Crippen molar-refractivity contribution in [2.45, 2.75) is 4.90 Å². The van der Waals surface area contributed by atoms with Crippen molar-refractivity contribution in [2.75, 3.05) is 13.4 Å². The van der Waals surface area contributed by atoms with Crippen LogP contribution in [0.2, 0.25) is 0 Å². The first-order valence-electron chi connectivity index (χ1n) is 10.00. The average molecular weight is 481 g/mol. The number of hydrogen-bond acceptors (Lipinski definition) is 6. The van der Waals surface area contributed by atoms with Crippen LogP contribution in [0.5, 0.6) is 5.75 Å². The topological polar surface area (TPSA) is 114 Å². The Kier molecular flexibility index (Phi) is 5.12. The van der Waals surface area contributed by atoms with Crippen LogP contribution in [0.25, 0.3) is 33.2 Å². The van der Waals surface area contributed by atoms with E-state index in [1.54, 1.807) is 30.3 Å². The summed E-state index contributed by atoms with van der Waals surface area (Å²) in [4.78, 5) is 3.25. The summed E-state index contributed by atoms with van der Waals surface area (Å²) in [7, 11) is -6.42. The normalized spacial score (nSPS) is 13.9. The lowest BCUT2D eigenvalue weighted by molar-refractivity contribution is 0.333. The van der Waals surface area contributed by atoms with Crippen molar-refractivity contribution < 1.29 is 22.0 Å². The van der Waals surface area contributed by atoms with E-state index in [1.807, 2.05) is 30.3 Å². The average Bonchev–Trinajstić information content (AvgIpc) is 3.42. The predicted molar refractivity (Wildman–Crippen MR) is 128 cm³/mol. The Morgan fingerprint density at radius 3 is 2.45 bits per heavy atom. The molecule has 3 aromatic carbocycles. The lowest BCUT2D eigenvalue weighted by atomic mass is 10.1. The molecule has 1 unspecified atom stereocenters. The van der Waals surface area contributed by atoms with E-state index in [0.717, 1.165) is 33.8 Å². The van der Waals surface area contributed by atoms with Crippen LogP contribution in [0.15, 0.2) is 77.7 Å². The van der Waals surface area contributed by atoms with Gasteiger partial charge in [-0.05, 0) is 42.5 Å². The second-order valence-electron chi connectivity index (χ2n) is 7.56. The van der Waals surface area contributed by atoms with Gasteiger partial charge in [-0.15, -0.1) is 0 Å². The number of H-pyrrole nitrogens is 2.